The molecule has 1 aliphatic rings. The smallest absolute Gasteiger partial charge is 0.0954 e. The van der Waals surface area contributed by atoms with Gasteiger partial charge in [-0.3, -0.25) is 0 Å². The lowest BCUT2D eigenvalue weighted by Crippen LogP contribution is -2.27. The zero-order chi connectivity index (χ0) is 13.5. The molecular formula is C15H22BrNO2. The largest absolute Gasteiger partial charge is 0.379 e. The molecule has 1 saturated heterocycles. The minimum atomic E-state index is 0.0933. The van der Waals surface area contributed by atoms with Gasteiger partial charge in [0.05, 0.1) is 18.8 Å². The quantitative estimate of drug-likeness (QED) is 0.779. The van der Waals surface area contributed by atoms with Crippen LogP contribution in [0.5, 0.6) is 0 Å². The molecule has 1 heterocycles. The third-order valence-corrected chi connectivity index (χ3v) is 3.71. The van der Waals surface area contributed by atoms with Crippen LogP contribution in [0, 0.1) is 0 Å². The van der Waals surface area contributed by atoms with E-state index < -0.39 is 0 Å². The molecule has 3 nitrogen and oxygen atoms in total. The highest BCUT2D eigenvalue weighted by Gasteiger charge is 2.22. The van der Waals surface area contributed by atoms with Gasteiger partial charge in [0, 0.05) is 17.6 Å². The summed E-state index contributed by atoms with van der Waals surface area (Å²) < 4.78 is 12.7. The van der Waals surface area contributed by atoms with E-state index in [2.05, 4.69) is 46.4 Å². The van der Waals surface area contributed by atoms with Crippen molar-refractivity contribution in [3.8, 4) is 0 Å². The van der Waals surface area contributed by atoms with Crippen LogP contribution in [0.1, 0.15) is 31.4 Å². The van der Waals surface area contributed by atoms with Crippen molar-refractivity contribution in [3.05, 3.63) is 34.3 Å². The van der Waals surface area contributed by atoms with E-state index in [4.69, 9.17) is 9.47 Å². The number of hydrogen-bond acceptors (Lipinski definition) is 3. The summed E-state index contributed by atoms with van der Waals surface area (Å²) in [6.07, 6.45) is 2.46. The lowest BCUT2D eigenvalue weighted by Gasteiger charge is -2.22. The molecule has 106 valence electrons. The van der Waals surface area contributed by atoms with Gasteiger partial charge in [0.2, 0.25) is 0 Å². The van der Waals surface area contributed by atoms with E-state index in [0.717, 1.165) is 43.6 Å². The SMILES string of the molecule is CCCNCC(OC1CCOC1)c1cccc(Br)c1. The summed E-state index contributed by atoms with van der Waals surface area (Å²) >= 11 is 3.52. The number of halogens is 1. The molecule has 19 heavy (non-hydrogen) atoms. The molecule has 0 spiro atoms. The van der Waals surface area contributed by atoms with Gasteiger partial charge < -0.3 is 14.8 Å². The predicted molar refractivity (Wildman–Crippen MR) is 80.4 cm³/mol. The topological polar surface area (TPSA) is 30.5 Å². The summed E-state index contributed by atoms with van der Waals surface area (Å²) in [5.41, 5.74) is 1.21. The van der Waals surface area contributed by atoms with Crippen LogP contribution >= 0.6 is 15.9 Å². The molecule has 2 atom stereocenters. The number of benzene rings is 1. The number of hydrogen-bond donors (Lipinski definition) is 1. The van der Waals surface area contributed by atoms with Crippen molar-refractivity contribution >= 4 is 15.9 Å². The highest BCUT2D eigenvalue weighted by atomic mass is 79.9. The number of nitrogens with one attached hydrogen (secondary N) is 1. The summed E-state index contributed by atoms with van der Waals surface area (Å²) in [7, 11) is 0. The van der Waals surface area contributed by atoms with Crippen molar-refractivity contribution in [3.63, 3.8) is 0 Å². The molecule has 1 aromatic rings. The van der Waals surface area contributed by atoms with E-state index >= 15 is 0 Å². The van der Waals surface area contributed by atoms with Crippen molar-refractivity contribution in [2.75, 3.05) is 26.3 Å². The van der Waals surface area contributed by atoms with Crippen LogP contribution in [0.2, 0.25) is 0 Å². The van der Waals surface area contributed by atoms with Crippen LogP contribution in [0.3, 0.4) is 0 Å². The number of ether oxygens (including phenoxy) is 2. The summed E-state index contributed by atoms with van der Waals surface area (Å²) in [6, 6.07) is 8.35. The Bertz CT molecular complexity index is 380. The molecular weight excluding hydrogens is 306 g/mol. The maximum atomic E-state index is 6.19. The highest BCUT2D eigenvalue weighted by Crippen LogP contribution is 2.24. The Kier molecular flexibility index (Phi) is 6.31. The van der Waals surface area contributed by atoms with Crippen molar-refractivity contribution in [2.24, 2.45) is 0 Å². The van der Waals surface area contributed by atoms with Gasteiger partial charge in [0.25, 0.3) is 0 Å². The average Bonchev–Trinajstić information content (AvgIpc) is 2.91. The standard InChI is InChI=1S/C15H22BrNO2/c1-2-7-17-10-15(19-14-6-8-18-11-14)12-4-3-5-13(16)9-12/h3-5,9,14-15,17H,2,6-8,10-11H2,1H3. The fourth-order valence-corrected chi connectivity index (χ4v) is 2.63. The van der Waals surface area contributed by atoms with E-state index in [9.17, 15) is 0 Å². The van der Waals surface area contributed by atoms with Crippen LogP contribution in [0.4, 0.5) is 0 Å². The van der Waals surface area contributed by atoms with Gasteiger partial charge in [-0.05, 0) is 37.1 Å². The summed E-state index contributed by atoms with van der Waals surface area (Å²) in [5, 5.41) is 3.45. The normalized spacial score (nSPS) is 20.6. The Morgan fingerprint density at radius 1 is 1.53 bits per heavy atom. The van der Waals surface area contributed by atoms with Gasteiger partial charge in [-0.25, -0.2) is 0 Å². The molecule has 1 N–H and O–H groups in total. The van der Waals surface area contributed by atoms with Crippen molar-refractivity contribution in [2.45, 2.75) is 32.0 Å². The third kappa shape index (κ3) is 4.88. The van der Waals surface area contributed by atoms with Gasteiger partial charge in [-0.2, -0.15) is 0 Å². The van der Waals surface area contributed by atoms with Crippen LogP contribution in [0.25, 0.3) is 0 Å². The van der Waals surface area contributed by atoms with E-state index in [1.807, 2.05) is 6.07 Å². The van der Waals surface area contributed by atoms with E-state index in [1.54, 1.807) is 0 Å². The van der Waals surface area contributed by atoms with Gasteiger partial charge in [-0.1, -0.05) is 35.0 Å². The fourth-order valence-electron chi connectivity index (χ4n) is 2.21. The summed E-state index contributed by atoms with van der Waals surface area (Å²) in [4.78, 5) is 0. The predicted octanol–water partition coefficient (Wildman–Crippen LogP) is 3.30. The van der Waals surface area contributed by atoms with Gasteiger partial charge in [0.15, 0.2) is 0 Å². The molecule has 0 saturated carbocycles. The van der Waals surface area contributed by atoms with Gasteiger partial charge in [-0.15, -0.1) is 0 Å². The molecule has 1 fully saturated rings. The van der Waals surface area contributed by atoms with E-state index in [-0.39, 0.29) is 12.2 Å². The van der Waals surface area contributed by atoms with Crippen LogP contribution < -0.4 is 5.32 Å². The molecule has 1 aromatic carbocycles. The first-order chi connectivity index (χ1) is 9.29. The Morgan fingerprint density at radius 2 is 2.42 bits per heavy atom. The molecule has 4 heteroatoms. The van der Waals surface area contributed by atoms with Crippen LogP contribution in [-0.2, 0) is 9.47 Å². The zero-order valence-corrected chi connectivity index (χ0v) is 13.0. The molecule has 0 bridgehead atoms. The first kappa shape index (κ1) is 15.0. The maximum Gasteiger partial charge on any atom is 0.0954 e. The second-order valence-corrected chi connectivity index (χ2v) is 5.79. The van der Waals surface area contributed by atoms with Crippen LogP contribution in [0.15, 0.2) is 28.7 Å². The third-order valence-electron chi connectivity index (χ3n) is 3.22. The van der Waals surface area contributed by atoms with Crippen molar-refractivity contribution in [1.82, 2.24) is 5.32 Å². The molecule has 2 unspecified atom stereocenters. The highest BCUT2D eigenvalue weighted by molar-refractivity contribution is 9.10. The average molecular weight is 328 g/mol. The lowest BCUT2D eigenvalue weighted by molar-refractivity contribution is -0.0164. The second-order valence-electron chi connectivity index (χ2n) is 4.87. The number of rotatable bonds is 7. The molecule has 0 aliphatic carbocycles. The van der Waals surface area contributed by atoms with Crippen molar-refractivity contribution < 1.29 is 9.47 Å². The monoisotopic (exact) mass is 327 g/mol. The van der Waals surface area contributed by atoms with E-state index in [0.29, 0.717) is 0 Å². The molecule has 0 aromatic heterocycles. The summed E-state index contributed by atoms with van der Waals surface area (Å²) in [6.45, 7) is 5.58. The Labute approximate surface area is 123 Å². The van der Waals surface area contributed by atoms with Gasteiger partial charge >= 0.3 is 0 Å². The first-order valence-corrected chi connectivity index (χ1v) is 7.78. The van der Waals surface area contributed by atoms with Crippen molar-refractivity contribution in [1.29, 1.82) is 0 Å². The maximum absolute atomic E-state index is 6.19. The van der Waals surface area contributed by atoms with Crippen LogP contribution in [-0.4, -0.2) is 32.4 Å². The zero-order valence-electron chi connectivity index (χ0n) is 11.4. The van der Waals surface area contributed by atoms with Gasteiger partial charge in [0.1, 0.15) is 0 Å². The molecule has 2 rings (SSSR count). The first-order valence-electron chi connectivity index (χ1n) is 6.99. The Morgan fingerprint density at radius 3 is 3.11 bits per heavy atom. The Balaban J connectivity index is 1.99. The molecule has 0 amide bonds. The fraction of sp³-hybridized carbons (Fsp3) is 0.600. The second kappa shape index (κ2) is 8.00. The van der Waals surface area contributed by atoms with E-state index in [1.165, 1.54) is 5.56 Å². The summed E-state index contributed by atoms with van der Waals surface area (Å²) in [5.74, 6) is 0. The molecule has 1 aliphatic heterocycles. The lowest BCUT2D eigenvalue weighted by atomic mass is 10.1. The molecule has 0 radical (unpaired) electrons. The minimum absolute atomic E-state index is 0.0933. The minimum Gasteiger partial charge on any atom is -0.379 e. The Hall–Kier alpha value is -0.420.